The predicted molar refractivity (Wildman–Crippen MR) is 77.3 cm³/mol. The molecular formula is C16H19FN2O. The van der Waals surface area contributed by atoms with E-state index in [0.717, 1.165) is 22.5 Å². The third kappa shape index (κ3) is 3.14. The van der Waals surface area contributed by atoms with E-state index in [1.807, 2.05) is 31.5 Å². The third-order valence-electron chi connectivity index (χ3n) is 3.60. The van der Waals surface area contributed by atoms with Crippen molar-refractivity contribution >= 4 is 5.78 Å². The SMILES string of the molecule is Cc1cc(C(=O)CNCc2ccc(F)cc2)c(C)n1C. The number of hydrogen-bond donors (Lipinski definition) is 1. The molecule has 4 heteroatoms. The molecule has 0 aliphatic heterocycles. The first-order valence-corrected chi connectivity index (χ1v) is 6.60. The Morgan fingerprint density at radius 3 is 2.45 bits per heavy atom. The Labute approximate surface area is 118 Å². The maximum atomic E-state index is 12.8. The largest absolute Gasteiger partial charge is 0.351 e. The third-order valence-corrected chi connectivity index (χ3v) is 3.60. The zero-order valence-corrected chi connectivity index (χ0v) is 12.0. The van der Waals surface area contributed by atoms with E-state index >= 15 is 0 Å². The van der Waals surface area contributed by atoms with Crippen LogP contribution in [0, 0.1) is 19.7 Å². The number of Topliss-reactive ketones (excluding diaryl/α,β-unsaturated/α-hetero) is 1. The molecule has 0 atom stereocenters. The Morgan fingerprint density at radius 1 is 1.25 bits per heavy atom. The number of ketones is 1. The van der Waals surface area contributed by atoms with Crippen molar-refractivity contribution in [2.24, 2.45) is 7.05 Å². The van der Waals surface area contributed by atoms with Gasteiger partial charge in [0.15, 0.2) is 5.78 Å². The van der Waals surface area contributed by atoms with E-state index in [9.17, 15) is 9.18 Å². The van der Waals surface area contributed by atoms with Crippen LogP contribution < -0.4 is 5.32 Å². The first-order chi connectivity index (χ1) is 9.49. The Kier molecular flexibility index (Phi) is 4.35. The Hall–Kier alpha value is -1.94. The van der Waals surface area contributed by atoms with Gasteiger partial charge in [-0.3, -0.25) is 4.79 Å². The number of carbonyl (C=O) groups is 1. The van der Waals surface area contributed by atoms with E-state index in [0.29, 0.717) is 6.54 Å². The lowest BCUT2D eigenvalue weighted by atomic mass is 10.1. The maximum Gasteiger partial charge on any atom is 0.178 e. The molecule has 0 amide bonds. The predicted octanol–water partition coefficient (Wildman–Crippen LogP) is 2.75. The van der Waals surface area contributed by atoms with Gasteiger partial charge < -0.3 is 9.88 Å². The van der Waals surface area contributed by atoms with Gasteiger partial charge in [0.05, 0.1) is 6.54 Å². The van der Waals surface area contributed by atoms with Crippen molar-refractivity contribution < 1.29 is 9.18 Å². The van der Waals surface area contributed by atoms with Crippen LogP contribution in [-0.4, -0.2) is 16.9 Å². The number of nitrogens with zero attached hydrogens (tertiary/aromatic N) is 1. The Morgan fingerprint density at radius 2 is 1.90 bits per heavy atom. The average Bonchev–Trinajstić information content (AvgIpc) is 2.69. The van der Waals surface area contributed by atoms with Crippen LogP contribution in [-0.2, 0) is 13.6 Å². The first kappa shape index (κ1) is 14.5. The van der Waals surface area contributed by atoms with Gasteiger partial charge in [-0.25, -0.2) is 4.39 Å². The van der Waals surface area contributed by atoms with Crippen molar-refractivity contribution in [1.29, 1.82) is 0 Å². The fourth-order valence-corrected chi connectivity index (χ4v) is 2.16. The molecule has 20 heavy (non-hydrogen) atoms. The van der Waals surface area contributed by atoms with Crippen molar-refractivity contribution in [3.63, 3.8) is 0 Å². The summed E-state index contributed by atoms with van der Waals surface area (Å²) in [5.74, 6) is -0.173. The van der Waals surface area contributed by atoms with Gasteiger partial charge in [0.2, 0.25) is 0 Å². The van der Waals surface area contributed by atoms with Crippen LogP contribution in [0.2, 0.25) is 0 Å². The smallest absolute Gasteiger partial charge is 0.178 e. The Bertz CT molecular complexity index is 614. The number of benzene rings is 1. The second kappa shape index (κ2) is 6.01. The molecule has 0 saturated carbocycles. The molecule has 1 aromatic heterocycles. The summed E-state index contributed by atoms with van der Waals surface area (Å²) in [5.41, 5.74) is 3.78. The molecular weight excluding hydrogens is 255 g/mol. The fourth-order valence-electron chi connectivity index (χ4n) is 2.16. The fraction of sp³-hybridized carbons (Fsp3) is 0.312. The van der Waals surface area contributed by atoms with E-state index < -0.39 is 0 Å². The highest BCUT2D eigenvalue weighted by atomic mass is 19.1. The summed E-state index contributed by atoms with van der Waals surface area (Å²) < 4.78 is 14.8. The van der Waals surface area contributed by atoms with Crippen molar-refractivity contribution in [2.45, 2.75) is 20.4 Å². The molecule has 1 aromatic carbocycles. The van der Waals surface area contributed by atoms with Gasteiger partial charge in [-0.05, 0) is 37.6 Å². The molecule has 106 valence electrons. The molecule has 2 aromatic rings. The van der Waals surface area contributed by atoms with Crippen LogP contribution in [0.4, 0.5) is 4.39 Å². The van der Waals surface area contributed by atoms with E-state index in [1.54, 1.807) is 12.1 Å². The lowest BCUT2D eigenvalue weighted by Gasteiger charge is -2.05. The average molecular weight is 274 g/mol. The van der Waals surface area contributed by atoms with Gasteiger partial charge in [0, 0.05) is 30.5 Å². The lowest BCUT2D eigenvalue weighted by molar-refractivity contribution is 0.0990. The second-order valence-corrected chi connectivity index (χ2v) is 5.00. The number of aryl methyl sites for hydroxylation is 1. The highest BCUT2D eigenvalue weighted by Gasteiger charge is 2.13. The highest BCUT2D eigenvalue weighted by Crippen LogP contribution is 2.13. The van der Waals surface area contributed by atoms with Gasteiger partial charge in [0.1, 0.15) is 5.82 Å². The van der Waals surface area contributed by atoms with Crippen LogP contribution in [0.3, 0.4) is 0 Å². The minimum atomic E-state index is -0.250. The van der Waals surface area contributed by atoms with E-state index in [2.05, 4.69) is 5.32 Å². The minimum absolute atomic E-state index is 0.0771. The minimum Gasteiger partial charge on any atom is -0.351 e. The standard InChI is InChI=1S/C16H19FN2O/c1-11-8-15(12(2)19(11)3)16(20)10-18-9-13-4-6-14(17)7-5-13/h4-8,18H,9-10H2,1-3H3. The number of carbonyl (C=O) groups excluding carboxylic acids is 1. The van der Waals surface area contributed by atoms with E-state index in [4.69, 9.17) is 0 Å². The van der Waals surface area contributed by atoms with Gasteiger partial charge in [-0.15, -0.1) is 0 Å². The highest BCUT2D eigenvalue weighted by molar-refractivity contribution is 5.99. The summed E-state index contributed by atoms with van der Waals surface area (Å²) >= 11 is 0. The molecule has 0 unspecified atom stereocenters. The summed E-state index contributed by atoms with van der Waals surface area (Å²) in [4.78, 5) is 12.1. The van der Waals surface area contributed by atoms with Crippen molar-refractivity contribution in [3.05, 3.63) is 58.7 Å². The molecule has 3 nitrogen and oxygen atoms in total. The summed E-state index contributed by atoms with van der Waals surface area (Å²) in [6.45, 7) is 4.76. The van der Waals surface area contributed by atoms with Gasteiger partial charge in [-0.1, -0.05) is 12.1 Å². The maximum absolute atomic E-state index is 12.8. The number of aromatic nitrogens is 1. The summed E-state index contributed by atoms with van der Waals surface area (Å²) in [6.07, 6.45) is 0. The molecule has 0 spiro atoms. The molecule has 0 saturated heterocycles. The molecule has 0 radical (unpaired) electrons. The van der Waals surface area contributed by atoms with E-state index in [-0.39, 0.29) is 18.1 Å². The molecule has 0 aliphatic rings. The van der Waals surface area contributed by atoms with Crippen molar-refractivity contribution in [3.8, 4) is 0 Å². The molecule has 1 N–H and O–H groups in total. The van der Waals surface area contributed by atoms with Gasteiger partial charge in [-0.2, -0.15) is 0 Å². The molecule has 0 aliphatic carbocycles. The molecule has 0 bridgehead atoms. The van der Waals surface area contributed by atoms with Crippen LogP contribution in [0.5, 0.6) is 0 Å². The summed E-state index contributed by atoms with van der Waals surface area (Å²) in [6, 6.07) is 8.18. The summed E-state index contributed by atoms with van der Waals surface area (Å²) in [7, 11) is 1.95. The van der Waals surface area contributed by atoms with Gasteiger partial charge >= 0.3 is 0 Å². The van der Waals surface area contributed by atoms with Crippen molar-refractivity contribution in [1.82, 2.24) is 9.88 Å². The normalized spacial score (nSPS) is 10.8. The van der Waals surface area contributed by atoms with Crippen LogP contribution in [0.1, 0.15) is 27.3 Å². The first-order valence-electron chi connectivity index (χ1n) is 6.60. The number of hydrogen-bond acceptors (Lipinski definition) is 2. The van der Waals surface area contributed by atoms with Crippen LogP contribution in [0.15, 0.2) is 30.3 Å². The molecule has 2 rings (SSSR count). The lowest BCUT2D eigenvalue weighted by Crippen LogP contribution is -2.23. The topological polar surface area (TPSA) is 34.0 Å². The second-order valence-electron chi connectivity index (χ2n) is 5.00. The van der Waals surface area contributed by atoms with E-state index in [1.165, 1.54) is 12.1 Å². The number of nitrogens with one attached hydrogen (secondary N) is 1. The number of halogens is 1. The van der Waals surface area contributed by atoms with Crippen molar-refractivity contribution in [2.75, 3.05) is 6.54 Å². The zero-order chi connectivity index (χ0) is 14.7. The Balaban J connectivity index is 1.92. The molecule has 1 heterocycles. The van der Waals surface area contributed by atoms with Crippen LogP contribution >= 0.6 is 0 Å². The quantitative estimate of drug-likeness (QED) is 0.851. The number of rotatable bonds is 5. The molecule has 0 fully saturated rings. The zero-order valence-electron chi connectivity index (χ0n) is 12.0. The monoisotopic (exact) mass is 274 g/mol. The van der Waals surface area contributed by atoms with Gasteiger partial charge in [0.25, 0.3) is 0 Å². The summed E-state index contributed by atoms with van der Waals surface area (Å²) in [5, 5.41) is 3.09. The van der Waals surface area contributed by atoms with Crippen LogP contribution in [0.25, 0.3) is 0 Å².